The fraction of sp³-hybridized carbons (Fsp3) is 0.200. The number of aryl methyl sites for hydroxylation is 1. The molecule has 0 aliphatic heterocycles. The molecule has 2 aromatic heterocycles. The SMILES string of the molecule is COc1cc(Nc2cc(CF)cn([C@@H](C)c3ccc(F)cc3)c2=O)ccc1-n1cnc(C)c1. The Labute approximate surface area is 190 Å². The van der Waals surface area contributed by atoms with E-state index in [2.05, 4.69) is 10.3 Å². The Bertz CT molecular complexity index is 1330. The van der Waals surface area contributed by atoms with Crippen LogP contribution in [0.2, 0.25) is 0 Å². The van der Waals surface area contributed by atoms with Crippen LogP contribution < -0.4 is 15.6 Å². The van der Waals surface area contributed by atoms with Crippen LogP contribution in [0, 0.1) is 12.7 Å². The number of imidazole rings is 1. The van der Waals surface area contributed by atoms with E-state index in [9.17, 15) is 13.6 Å². The molecule has 0 spiro atoms. The van der Waals surface area contributed by atoms with E-state index < -0.39 is 12.7 Å². The molecule has 4 aromatic rings. The van der Waals surface area contributed by atoms with E-state index in [1.165, 1.54) is 29.0 Å². The number of anilines is 2. The number of benzene rings is 2. The molecule has 0 unspecified atom stereocenters. The molecule has 0 aliphatic carbocycles. The third kappa shape index (κ3) is 4.64. The van der Waals surface area contributed by atoms with Gasteiger partial charge in [-0.3, -0.25) is 4.79 Å². The Morgan fingerprint density at radius 3 is 2.52 bits per heavy atom. The number of rotatable bonds is 7. The number of pyridine rings is 1. The minimum absolute atomic E-state index is 0.229. The summed E-state index contributed by atoms with van der Waals surface area (Å²) in [5.41, 5.74) is 3.28. The van der Waals surface area contributed by atoms with Gasteiger partial charge in [0.15, 0.2) is 0 Å². The van der Waals surface area contributed by atoms with Crippen molar-refractivity contribution in [2.24, 2.45) is 0 Å². The zero-order chi connectivity index (χ0) is 23.5. The molecule has 0 saturated heterocycles. The Balaban J connectivity index is 1.70. The summed E-state index contributed by atoms with van der Waals surface area (Å²) in [5, 5.41) is 3.10. The first-order valence-electron chi connectivity index (χ1n) is 10.4. The number of aromatic nitrogens is 3. The first-order chi connectivity index (χ1) is 15.9. The molecule has 1 atom stereocenters. The van der Waals surface area contributed by atoms with Gasteiger partial charge in [0.25, 0.3) is 5.56 Å². The van der Waals surface area contributed by atoms with Crippen molar-refractivity contribution < 1.29 is 13.5 Å². The predicted molar refractivity (Wildman–Crippen MR) is 124 cm³/mol. The number of nitrogens with one attached hydrogen (secondary N) is 1. The second-order valence-electron chi connectivity index (χ2n) is 7.77. The van der Waals surface area contributed by atoms with E-state index in [0.29, 0.717) is 17.0 Å². The molecule has 4 rings (SSSR count). The summed E-state index contributed by atoms with van der Waals surface area (Å²) in [5.74, 6) is 0.223. The number of methoxy groups -OCH3 is 1. The van der Waals surface area contributed by atoms with Gasteiger partial charge < -0.3 is 19.2 Å². The van der Waals surface area contributed by atoms with Gasteiger partial charge in [-0.15, -0.1) is 0 Å². The number of nitrogens with zero attached hydrogens (tertiary/aromatic N) is 3. The number of hydrogen-bond donors (Lipinski definition) is 1. The lowest BCUT2D eigenvalue weighted by Crippen LogP contribution is -2.26. The highest BCUT2D eigenvalue weighted by atomic mass is 19.1. The van der Waals surface area contributed by atoms with Crippen LogP contribution in [0.4, 0.5) is 20.2 Å². The van der Waals surface area contributed by atoms with Gasteiger partial charge in [0, 0.05) is 29.7 Å². The normalized spacial score (nSPS) is 11.9. The van der Waals surface area contributed by atoms with Crippen molar-refractivity contribution in [1.82, 2.24) is 14.1 Å². The molecule has 2 heterocycles. The van der Waals surface area contributed by atoms with Gasteiger partial charge in [0.1, 0.15) is 23.9 Å². The Morgan fingerprint density at radius 1 is 1.12 bits per heavy atom. The Hall–Kier alpha value is -3.94. The first-order valence-corrected chi connectivity index (χ1v) is 10.4. The van der Waals surface area contributed by atoms with Gasteiger partial charge in [-0.1, -0.05) is 12.1 Å². The molecule has 0 bridgehead atoms. The van der Waals surface area contributed by atoms with Crippen LogP contribution in [0.3, 0.4) is 0 Å². The summed E-state index contributed by atoms with van der Waals surface area (Å²) in [6.07, 6.45) is 5.07. The van der Waals surface area contributed by atoms with Crippen molar-refractivity contribution in [3.63, 3.8) is 0 Å². The van der Waals surface area contributed by atoms with Crippen LogP contribution in [-0.4, -0.2) is 21.2 Å². The zero-order valence-electron chi connectivity index (χ0n) is 18.5. The molecule has 8 heteroatoms. The van der Waals surface area contributed by atoms with E-state index in [1.54, 1.807) is 31.6 Å². The number of halogens is 2. The molecular formula is C25H24F2N4O2. The monoisotopic (exact) mass is 450 g/mol. The molecule has 170 valence electrons. The quantitative estimate of drug-likeness (QED) is 0.414. The van der Waals surface area contributed by atoms with Crippen LogP contribution in [0.5, 0.6) is 5.75 Å². The molecule has 0 saturated carbocycles. The lowest BCUT2D eigenvalue weighted by Gasteiger charge is -2.19. The van der Waals surface area contributed by atoms with Gasteiger partial charge in [-0.2, -0.15) is 0 Å². The third-order valence-corrected chi connectivity index (χ3v) is 5.47. The zero-order valence-corrected chi connectivity index (χ0v) is 18.5. The molecule has 0 aliphatic rings. The molecule has 2 aromatic carbocycles. The largest absolute Gasteiger partial charge is 0.494 e. The van der Waals surface area contributed by atoms with Crippen LogP contribution in [-0.2, 0) is 6.67 Å². The molecule has 0 amide bonds. The fourth-order valence-corrected chi connectivity index (χ4v) is 3.69. The summed E-state index contributed by atoms with van der Waals surface area (Å²) >= 11 is 0. The second kappa shape index (κ2) is 9.28. The first kappa shape index (κ1) is 22.3. The number of hydrogen-bond acceptors (Lipinski definition) is 4. The van der Waals surface area contributed by atoms with Crippen molar-refractivity contribution in [2.45, 2.75) is 26.6 Å². The molecule has 0 radical (unpaired) electrons. The maximum atomic E-state index is 13.6. The van der Waals surface area contributed by atoms with E-state index in [1.807, 2.05) is 36.7 Å². The van der Waals surface area contributed by atoms with Gasteiger partial charge in [0.05, 0.1) is 30.9 Å². The standard InChI is InChI=1S/C25H24F2N4O2/c1-16-13-30(15-28-16)23-9-8-21(11-24(23)33-3)29-22-10-18(12-26)14-31(25(22)32)17(2)19-4-6-20(27)7-5-19/h4-11,13-15,17,29H,12H2,1-3H3/t17-/m0/s1. The highest BCUT2D eigenvalue weighted by Gasteiger charge is 2.15. The maximum absolute atomic E-state index is 13.6. The topological polar surface area (TPSA) is 61.1 Å². The van der Waals surface area contributed by atoms with E-state index in [0.717, 1.165) is 16.9 Å². The van der Waals surface area contributed by atoms with Gasteiger partial charge in [-0.25, -0.2) is 13.8 Å². The van der Waals surface area contributed by atoms with Gasteiger partial charge in [0.2, 0.25) is 0 Å². The summed E-state index contributed by atoms with van der Waals surface area (Å²) in [6.45, 7) is 2.98. The van der Waals surface area contributed by atoms with Gasteiger partial charge in [-0.05, 0) is 49.7 Å². The van der Waals surface area contributed by atoms with Crippen LogP contribution in [0.1, 0.15) is 29.8 Å². The van der Waals surface area contributed by atoms with Crippen LogP contribution in [0.25, 0.3) is 5.69 Å². The summed E-state index contributed by atoms with van der Waals surface area (Å²) in [7, 11) is 1.56. The maximum Gasteiger partial charge on any atom is 0.274 e. The van der Waals surface area contributed by atoms with Crippen molar-refractivity contribution in [1.29, 1.82) is 0 Å². The summed E-state index contributed by atoms with van der Waals surface area (Å²) in [6, 6.07) is 12.4. The minimum Gasteiger partial charge on any atom is -0.494 e. The molecule has 6 nitrogen and oxygen atoms in total. The fourth-order valence-electron chi connectivity index (χ4n) is 3.69. The smallest absolute Gasteiger partial charge is 0.274 e. The van der Waals surface area contributed by atoms with E-state index in [-0.39, 0.29) is 17.1 Å². The second-order valence-corrected chi connectivity index (χ2v) is 7.77. The average Bonchev–Trinajstić information content (AvgIpc) is 3.26. The van der Waals surface area contributed by atoms with E-state index >= 15 is 0 Å². The van der Waals surface area contributed by atoms with Gasteiger partial charge >= 0.3 is 0 Å². The lowest BCUT2D eigenvalue weighted by atomic mass is 10.1. The molecule has 1 N–H and O–H groups in total. The van der Waals surface area contributed by atoms with Crippen molar-refractivity contribution in [3.05, 3.63) is 100 Å². The summed E-state index contributed by atoms with van der Waals surface area (Å²) in [4.78, 5) is 17.5. The predicted octanol–water partition coefficient (Wildman–Crippen LogP) is 5.31. The molecule has 0 fully saturated rings. The minimum atomic E-state index is -0.729. The Morgan fingerprint density at radius 2 is 1.88 bits per heavy atom. The van der Waals surface area contributed by atoms with Crippen LogP contribution >= 0.6 is 0 Å². The summed E-state index contributed by atoms with van der Waals surface area (Å²) < 4.78 is 35.8. The highest BCUT2D eigenvalue weighted by molar-refractivity contribution is 5.65. The number of ether oxygens (including phenoxy) is 1. The Kier molecular flexibility index (Phi) is 6.26. The van der Waals surface area contributed by atoms with Crippen molar-refractivity contribution >= 4 is 11.4 Å². The van der Waals surface area contributed by atoms with Crippen LogP contribution in [0.15, 0.2) is 72.0 Å². The molecular weight excluding hydrogens is 426 g/mol. The van der Waals surface area contributed by atoms with Crippen molar-refractivity contribution in [3.8, 4) is 11.4 Å². The lowest BCUT2D eigenvalue weighted by molar-refractivity contribution is 0.413. The average molecular weight is 450 g/mol. The van der Waals surface area contributed by atoms with E-state index in [4.69, 9.17) is 4.74 Å². The third-order valence-electron chi connectivity index (χ3n) is 5.47. The molecule has 33 heavy (non-hydrogen) atoms. The van der Waals surface area contributed by atoms with Crippen molar-refractivity contribution in [2.75, 3.05) is 12.4 Å². The number of alkyl halides is 1. The highest BCUT2D eigenvalue weighted by Crippen LogP contribution is 2.28.